The summed E-state index contributed by atoms with van der Waals surface area (Å²) in [4.78, 5) is 2.77. The molecule has 0 amide bonds. The number of rotatable bonds is 4. The lowest BCUT2D eigenvalue weighted by atomic mass is 9.81. The van der Waals surface area contributed by atoms with Crippen LogP contribution < -0.4 is 5.32 Å². The highest BCUT2D eigenvalue weighted by Crippen LogP contribution is 2.36. The van der Waals surface area contributed by atoms with Crippen molar-refractivity contribution in [2.75, 3.05) is 26.7 Å². The molecule has 1 heterocycles. The predicted octanol–water partition coefficient (Wildman–Crippen LogP) is 3.25. The number of likely N-dealkylation sites (tertiary alicyclic amines) is 1. The third kappa shape index (κ3) is 3.24. The van der Waals surface area contributed by atoms with Gasteiger partial charge in [0.15, 0.2) is 0 Å². The molecular weight excluding hydrogens is 244 g/mol. The van der Waals surface area contributed by atoms with Crippen LogP contribution in [0.3, 0.4) is 0 Å². The highest BCUT2D eigenvalue weighted by molar-refractivity contribution is 5.20. The van der Waals surface area contributed by atoms with Gasteiger partial charge in [-0.1, -0.05) is 30.3 Å². The van der Waals surface area contributed by atoms with Gasteiger partial charge in [0.05, 0.1) is 0 Å². The lowest BCUT2D eigenvalue weighted by Crippen LogP contribution is -2.36. The molecule has 110 valence electrons. The Bertz CT molecular complexity index is 395. The molecule has 0 spiro atoms. The molecule has 2 nitrogen and oxygen atoms in total. The molecule has 3 rings (SSSR count). The first kappa shape index (κ1) is 14.1. The van der Waals surface area contributed by atoms with Gasteiger partial charge in [0.2, 0.25) is 0 Å². The van der Waals surface area contributed by atoms with Crippen LogP contribution >= 0.6 is 0 Å². The fourth-order valence-corrected chi connectivity index (χ4v) is 4.15. The average molecular weight is 272 g/mol. The Morgan fingerprint density at radius 2 is 1.80 bits per heavy atom. The minimum Gasteiger partial charge on any atom is -0.319 e. The second-order valence-electron chi connectivity index (χ2n) is 6.62. The first-order valence-electron chi connectivity index (χ1n) is 8.30. The molecular formula is C18H28N2. The molecule has 0 aromatic heterocycles. The predicted molar refractivity (Wildman–Crippen MR) is 85.0 cm³/mol. The SMILES string of the molecule is CNCC1CCN(C2CCC(c3ccccc3)CC2)C1. The highest BCUT2D eigenvalue weighted by Gasteiger charge is 2.31. The van der Waals surface area contributed by atoms with Gasteiger partial charge in [-0.15, -0.1) is 0 Å². The van der Waals surface area contributed by atoms with E-state index in [4.69, 9.17) is 0 Å². The van der Waals surface area contributed by atoms with Crippen molar-refractivity contribution >= 4 is 0 Å². The van der Waals surface area contributed by atoms with E-state index in [1.54, 1.807) is 5.56 Å². The normalized spacial score (nSPS) is 31.6. The van der Waals surface area contributed by atoms with Crippen molar-refractivity contribution in [2.45, 2.75) is 44.1 Å². The van der Waals surface area contributed by atoms with Crippen LogP contribution in [-0.2, 0) is 0 Å². The number of hydrogen-bond donors (Lipinski definition) is 1. The molecule has 2 aliphatic rings. The van der Waals surface area contributed by atoms with E-state index in [0.717, 1.165) is 17.9 Å². The Hall–Kier alpha value is -0.860. The molecule has 20 heavy (non-hydrogen) atoms. The third-order valence-electron chi connectivity index (χ3n) is 5.29. The summed E-state index contributed by atoms with van der Waals surface area (Å²) in [5.74, 6) is 1.69. The van der Waals surface area contributed by atoms with Gasteiger partial charge in [0.25, 0.3) is 0 Å². The van der Waals surface area contributed by atoms with E-state index in [2.05, 4.69) is 47.6 Å². The van der Waals surface area contributed by atoms with Gasteiger partial charge in [-0.3, -0.25) is 0 Å². The monoisotopic (exact) mass is 272 g/mol. The molecule has 1 aliphatic heterocycles. The number of benzene rings is 1. The number of nitrogens with zero attached hydrogens (tertiary/aromatic N) is 1. The van der Waals surface area contributed by atoms with E-state index in [9.17, 15) is 0 Å². The summed E-state index contributed by atoms with van der Waals surface area (Å²) in [5.41, 5.74) is 1.56. The molecule has 1 atom stereocenters. The summed E-state index contributed by atoms with van der Waals surface area (Å²) in [6.45, 7) is 3.84. The van der Waals surface area contributed by atoms with Gasteiger partial charge in [0.1, 0.15) is 0 Å². The van der Waals surface area contributed by atoms with Gasteiger partial charge >= 0.3 is 0 Å². The van der Waals surface area contributed by atoms with Gasteiger partial charge in [-0.05, 0) is 69.6 Å². The number of hydrogen-bond acceptors (Lipinski definition) is 2. The van der Waals surface area contributed by atoms with Crippen LogP contribution in [0.1, 0.15) is 43.6 Å². The Morgan fingerprint density at radius 1 is 1.05 bits per heavy atom. The Labute approximate surface area is 123 Å². The van der Waals surface area contributed by atoms with E-state index >= 15 is 0 Å². The topological polar surface area (TPSA) is 15.3 Å². The zero-order valence-corrected chi connectivity index (χ0v) is 12.7. The Balaban J connectivity index is 1.49. The van der Waals surface area contributed by atoms with Gasteiger partial charge in [-0.25, -0.2) is 0 Å². The van der Waals surface area contributed by atoms with Crippen LogP contribution in [0.5, 0.6) is 0 Å². The fraction of sp³-hybridized carbons (Fsp3) is 0.667. The minimum atomic E-state index is 0.808. The zero-order valence-electron chi connectivity index (χ0n) is 12.7. The first-order chi connectivity index (χ1) is 9.86. The largest absolute Gasteiger partial charge is 0.319 e. The maximum Gasteiger partial charge on any atom is 0.00958 e. The van der Waals surface area contributed by atoms with E-state index in [1.807, 2.05) is 0 Å². The van der Waals surface area contributed by atoms with Gasteiger partial charge in [0, 0.05) is 12.6 Å². The third-order valence-corrected chi connectivity index (χ3v) is 5.29. The molecule has 1 aliphatic carbocycles. The minimum absolute atomic E-state index is 0.808. The molecule has 1 aromatic carbocycles. The lowest BCUT2D eigenvalue weighted by molar-refractivity contribution is 0.176. The quantitative estimate of drug-likeness (QED) is 0.905. The van der Waals surface area contributed by atoms with Crippen LogP contribution in [0.15, 0.2) is 30.3 Å². The summed E-state index contributed by atoms with van der Waals surface area (Å²) in [7, 11) is 2.08. The molecule has 1 saturated carbocycles. The van der Waals surface area contributed by atoms with Crippen molar-refractivity contribution in [3.05, 3.63) is 35.9 Å². The van der Waals surface area contributed by atoms with Crippen molar-refractivity contribution < 1.29 is 0 Å². The molecule has 0 bridgehead atoms. The van der Waals surface area contributed by atoms with E-state index in [1.165, 1.54) is 51.7 Å². The van der Waals surface area contributed by atoms with E-state index < -0.39 is 0 Å². The van der Waals surface area contributed by atoms with Gasteiger partial charge in [-0.2, -0.15) is 0 Å². The average Bonchev–Trinajstić information content (AvgIpc) is 2.97. The maximum absolute atomic E-state index is 3.34. The number of nitrogens with one attached hydrogen (secondary N) is 1. The smallest absolute Gasteiger partial charge is 0.00958 e. The molecule has 1 saturated heterocycles. The summed E-state index contributed by atoms with van der Waals surface area (Å²) in [6, 6.07) is 12.0. The van der Waals surface area contributed by atoms with Crippen molar-refractivity contribution in [2.24, 2.45) is 5.92 Å². The fourth-order valence-electron chi connectivity index (χ4n) is 4.15. The summed E-state index contributed by atoms with van der Waals surface area (Å²) >= 11 is 0. The Morgan fingerprint density at radius 3 is 2.50 bits per heavy atom. The van der Waals surface area contributed by atoms with Crippen molar-refractivity contribution in [1.82, 2.24) is 10.2 Å². The summed E-state index contributed by atoms with van der Waals surface area (Å²) < 4.78 is 0. The lowest BCUT2D eigenvalue weighted by Gasteiger charge is -2.35. The van der Waals surface area contributed by atoms with E-state index in [0.29, 0.717) is 0 Å². The molecule has 1 N–H and O–H groups in total. The molecule has 1 aromatic rings. The van der Waals surface area contributed by atoms with Crippen LogP contribution in [0, 0.1) is 5.92 Å². The van der Waals surface area contributed by atoms with Crippen molar-refractivity contribution in [1.29, 1.82) is 0 Å². The van der Waals surface area contributed by atoms with E-state index in [-0.39, 0.29) is 0 Å². The van der Waals surface area contributed by atoms with Gasteiger partial charge < -0.3 is 10.2 Å². The summed E-state index contributed by atoms with van der Waals surface area (Å²) in [5, 5.41) is 3.34. The molecule has 2 heteroatoms. The molecule has 1 unspecified atom stereocenters. The van der Waals surface area contributed by atoms with Crippen LogP contribution in [-0.4, -0.2) is 37.6 Å². The van der Waals surface area contributed by atoms with Crippen molar-refractivity contribution in [3.8, 4) is 0 Å². The second-order valence-corrected chi connectivity index (χ2v) is 6.62. The highest BCUT2D eigenvalue weighted by atomic mass is 15.2. The van der Waals surface area contributed by atoms with Crippen LogP contribution in [0.2, 0.25) is 0 Å². The summed E-state index contributed by atoms with van der Waals surface area (Å²) in [6.07, 6.45) is 6.93. The molecule has 2 fully saturated rings. The zero-order chi connectivity index (χ0) is 13.8. The van der Waals surface area contributed by atoms with Crippen LogP contribution in [0.25, 0.3) is 0 Å². The second kappa shape index (κ2) is 6.73. The molecule has 0 radical (unpaired) electrons. The van der Waals surface area contributed by atoms with Crippen LogP contribution in [0.4, 0.5) is 0 Å². The van der Waals surface area contributed by atoms with Crippen molar-refractivity contribution in [3.63, 3.8) is 0 Å². The Kier molecular flexibility index (Phi) is 4.74. The standard InChI is InChI=1S/C18H28N2/c1-19-13-15-11-12-20(14-15)18-9-7-17(8-10-18)16-5-3-2-4-6-16/h2-6,15,17-19H,7-14H2,1H3. The maximum atomic E-state index is 3.34. The first-order valence-corrected chi connectivity index (χ1v) is 8.30.